The molecular formula is C6H10Cl2F2. The topological polar surface area (TPSA) is 0 Å². The van der Waals surface area contributed by atoms with E-state index < -0.39 is 5.38 Å². The Bertz CT molecular complexity index is 80.3. The van der Waals surface area contributed by atoms with Crippen molar-refractivity contribution in [3.63, 3.8) is 0 Å². The second-order valence-corrected chi connectivity index (χ2v) is 3.05. The second kappa shape index (κ2) is 5.14. The zero-order valence-corrected chi connectivity index (χ0v) is 7.06. The quantitative estimate of drug-likeness (QED) is 0.459. The standard InChI is InChI=1S/C6H10Cl2F2/c7-5-3-1-2-4-6(8,9)10/h1-5H2. The monoisotopic (exact) mass is 190 g/mol. The van der Waals surface area contributed by atoms with Crippen LogP contribution in [0.4, 0.5) is 8.78 Å². The Hall–Kier alpha value is 0.440. The Morgan fingerprint density at radius 2 is 1.70 bits per heavy atom. The molecule has 0 aromatic carbocycles. The van der Waals surface area contributed by atoms with Gasteiger partial charge in [-0.1, -0.05) is 6.42 Å². The van der Waals surface area contributed by atoms with Crippen molar-refractivity contribution in [1.82, 2.24) is 0 Å². The normalized spacial score (nSPS) is 12.0. The van der Waals surface area contributed by atoms with Crippen molar-refractivity contribution >= 4 is 23.2 Å². The molecule has 0 atom stereocenters. The lowest BCUT2D eigenvalue weighted by molar-refractivity contribution is 0.0830. The first-order chi connectivity index (χ1) is 4.56. The SMILES string of the molecule is FC(F)(Cl)CCCCCCl. The summed E-state index contributed by atoms with van der Waals surface area (Å²) in [5.41, 5.74) is 0. The first-order valence-corrected chi connectivity index (χ1v) is 4.10. The van der Waals surface area contributed by atoms with Gasteiger partial charge in [-0.05, 0) is 24.4 Å². The number of hydrogen-bond acceptors (Lipinski definition) is 0. The van der Waals surface area contributed by atoms with E-state index in [-0.39, 0.29) is 6.42 Å². The number of rotatable bonds is 5. The van der Waals surface area contributed by atoms with Gasteiger partial charge in [-0.2, -0.15) is 8.78 Å². The number of hydrogen-bond donors (Lipinski definition) is 0. The summed E-state index contributed by atoms with van der Waals surface area (Å²) < 4.78 is 23.8. The maximum atomic E-state index is 11.9. The summed E-state index contributed by atoms with van der Waals surface area (Å²) in [5.74, 6) is 0.536. The highest BCUT2D eigenvalue weighted by Crippen LogP contribution is 2.25. The fourth-order valence-electron chi connectivity index (χ4n) is 0.597. The maximum Gasteiger partial charge on any atom is 0.321 e. The fourth-order valence-corrected chi connectivity index (χ4v) is 0.919. The molecule has 0 aliphatic carbocycles. The lowest BCUT2D eigenvalue weighted by Crippen LogP contribution is -2.04. The van der Waals surface area contributed by atoms with E-state index in [9.17, 15) is 8.78 Å². The zero-order chi connectivity index (χ0) is 8.04. The van der Waals surface area contributed by atoms with Crippen molar-refractivity contribution in [2.24, 2.45) is 0 Å². The summed E-state index contributed by atoms with van der Waals surface area (Å²) in [6.07, 6.45) is 1.72. The van der Waals surface area contributed by atoms with Gasteiger partial charge in [0.25, 0.3) is 0 Å². The minimum absolute atomic E-state index is 0.245. The third-order valence-electron chi connectivity index (χ3n) is 1.09. The molecule has 0 aromatic rings. The minimum atomic E-state index is -3.02. The van der Waals surface area contributed by atoms with Crippen molar-refractivity contribution in [3.05, 3.63) is 0 Å². The molecule has 0 nitrogen and oxygen atoms in total. The highest BCUT2D eigenvalue weighted by atomic mass is 35.5. The molecule has 0 N–H and O–H groups in total. The van der Waals surface area contributed by atoms with Crippen LogP contribution >= 0.6 is 23.2 Å². The first kappa shape index (κ1) is 10.4. The van der Waals surface area contributed by atoms with Crippen LogP contribution in [-0.4, -0.2) is 11.3 Å². The first-order valence-electron chi connectivity index (χ1n) is 3.19. The molecule has 0 heterocycles. The van der Waals surface area contributed by atoms with Crippen molar-refractivity contribution in [1.29, 1.82) is 0 Å². The predicted molar refractivity (Wildman–Crippen MR) is 40.0 cm³/mol. The Balaban J connectivity index is 3.04. The fraction of sp³-hybridized carbons (Fsp3) is 1.00. The summed E-state index contributed by atoms with van der Waals surface area (Å²) in [7, 11) is 0. The van der Waals surface area contributed by atoms with Crippen LogP contribution in [-0.2, 0) is 0 Å². The van der Waals surface area contributed by atoms with Crippen molar-refractivity contribution in [3.8, 4) is 0 Å². The van der Waals surface area contributed by atoms with E-state index in [1.165, 1.54) is 0 Å². The lowest BCUT2D eigenvalue weighted by Gasteiger charge is -2.05. The van der Waals surface area contributed by atoms with Crippen LogP contribution in [0.25, 0.3) is 0 Å². The number of alkyl halides is 4. The van der Waals surface area contributed by atoms with Gasteiger partial charge in [0.05, 0.1) is 0 Å². The molecule has 0 aromatic heterocycles. The van der Waals surface area contributed by atoms with Crippen molar-refractivity contribution in [2.75, 3.05) is 5.88 Å². The summed E-state index contributed by atoms with van der Waals surface area (Å²) in [5, 5.41) is -3.02. The van der Waals surface area contributed by atoms with E-state index in [2.05, 4.69) is 11.6 Å². The Morgan fingerprint density at radius 3 is 2.10 bits per heavy atom. The van der Waals surface area contributed by atoms with Crippen LogP contribution < -0.4 is 0 Å². The molecule has 0 aliphatic rings. The van der Waals surface area contributed by atoms with E-state index in [1.54, 1.807) is 0 Å². The van der Waals surface area contributed by atoms with Crippen LogP contribution in [0, 0.1) is 0 Å². The molecule has 0 spiro atoms. The molecule has 0 unspecified atom stereocenters. The highest BCUT2D eigenvalue weighted by Gasteiger charge is 2.22. The van der Waals surface area contributed by atoms with E-state index >= 15 is 0 Å². The molecule has 10 heavy (non-hydrogen) atoms. The molecule has 0 bridgehead atoms. The molecule has 0 fully saturated rings. The average molecular weight is 191 g/mol. The van der Waals surface area contributed by atoms with Crippen LogP contribution in [0.2, 0.25) is 0 Å². The third-order valence-corrected chi connectivity index (χ3v) is 1.55. The summed E-state index contributed by atoms with van der Waals surface area (Å²) in [6, 6.07) is 0. The molecule has 0 aliphatic heterocycles. The van der Waals surface area contributed by atoms with Crippen molar-refractivity contribution in [2.45, 2.75) is 31.1 Å². The van der Waals surface area contributed by atoms with Gasteiger partial charge in [-0.3, -0.25) is 0 Å². The van der Waals surface area contributed by atoms with Gasteiger partial charge in [-0.25, -0.2) is 0 Å². The molecule has 0 amide bonds. The highest BCUT2D eigenvalue weighted by molar-refractivity contribution is 6.21. The third kappa shape index (κ3) is 8.44. The van der Waals surface area contributed by atoms with E-state index in [1.807, 2.05) is 0 Å². The Morgan fingerprint density at radius 1 is 1.10 bits per heavy atom. The van der Waals surface area contributed by atoms with Crippen LogP contribution in [0.15, 0.2) is 0 Å². The van der Waals surface area contributed by atoms with Gasteiger partial charge in [0.2, 0.25) is 0 Å². The minimum Gasteiger partial charge on any atom is -0.188 e. The average Bonchev–Trinajstić information content (AvgIpc) is 1.78. The smallest absolute Gasteiger partial charge is 0.188 e. The van der Waals surface area contributed by atoms with Gasteiger partial charge < -0.3 is 0 Å². The van der Waals surface area contributed by atoms with Crippen LogP contribution in [0.3, 0.4) is 0 Å². The Labute approximate surface area is 69.5 Å². The van der Waals surface area contributed by atoms with E-state index in [0.29, 0.717) is 12.3 Å². The number of halogens is 4. The largest absolute Gasteiger partial charge is 0.321 e. The Kier molecular flexibility index (Phi) is 5.36. The summed E-state index contributed by atoms with van der Waals surface area (Å²) in [6.45, 7) is 0. The maximum absolute atomic E-state index is 11.9. The van der Waals surface area contributed by atoms with Crippen LogP contribution in [0.5, 0.6) is 0 Å². The molecule has 0 saturated carbocycles. The zero-order valence-electron chi connectivity index (χ0n) is 5.55. The molecule has 0 radical (unpaired) electrons. The van der Waals surface area contributed by atoms with Crippen molar-refractivity contribution < 1.29 is 8.78 Å². The molecule has 0 saturated heterocycles. The van der Waals surface area contributed by atoms with E-state index in [4.69, 9.17) is 11.6 Å². The molecule has 0 rings (SSSR count). The van der Waals surface area contributed by atoms with Gasteiger partial charge in [-0.15, -0.1) is 11.6 Å². The predicted octanol–water partition coefficient (Wildman–Crippen LogP) is 3.62. The summed E-state index contributed by atoms with van der Waals surface area (Å²) in [4.78, 5) is 0. The molecular weight excluding hydrogens is 181 g/mol. The van der Waals surface area contributed by atoms with E-state index in [0.717, 1.165) is 12.8 Å². The van der Waals surface area contributed by atoms with Gasteiger partial charge in [0.15, 0.2) is 0 Å². The second-order valence-electron chi connectivity index (χ2n) is 2.11. The molecule has 4 heteroatoms. The van der Waals surface area contributed by atoms with Gasteiger partial charge >= 0.3 is 5.38 Å². The van der Waals surface area contributed by atoms with Gasteiger partial charge in [0, 0.05) is 12.3 Å². The van der Waals surface area contributed by atoms with Crippen LogP contribution in [0.1, 0.15) is 25.7 Å². The van der Waals surface area contributed by atoms with Gasteiger partial charge in [0.1, 0.15) is 0 Å². The lowest BCUT2D eigenvalue weighted by atomic mass is 10.2. The summed E-state index contributed by atoms with van der Waals surface area (Å²) >= 11 is 9.98. The number of unbranched alkanes of at least 4 members (excludes halogenated alkanes) is 2. The molecule has 62 valence electrons.